The van der Waals surface area contributed by atoms with Crippen molar-refractivity contribution < 1.29 is 9.47 Å². The second kappa shape index (κ2) is 5.14. The second-order valence-corrected chi connectivity index (χ2v) is 3.66. The van der Waals surface area contributed by atoms with E-state index in [1.807, 2.05) is 25.1 Å². The van der Waals surface area contributed by atoms with E-state index in [1.165, 1.54) is 5.56 Å². The van der Waals surface area contributed by atoms with E-state index in [2.05, 4.69) is 11.4 Å². The fourth-order valence-electron chi connectivity index (χ4n) is 1.55. The van der Waals surface area contributed by atoms with Crippen molar-refractivity contribution in [1.29, 1.82) is 0 Å². The minimum Gasteiger partial charge on any atom is -0.494 e. The van der Waals surface area contributed by atoms with Crippen LogP contribution in [0.1, 0.15) is 12.5 Å². The van der Waals surface area contributed by atoms with Crippen LogP contribution in [0.2, 0.25) is 0 Å². The van der Waals surface area contributed by atoms with Gasteiger partial charge in [-0.25, -0.2) is 0 Å². The Kier molecular flexibility index (Phi) is 3.59. The lowest BCUT2D eigenvalue weighted by Crippen LogP contribution is -2.45. The third-order valence-electron chi connectivity index (χ3n) is 2.49. The zero-order valence-electron chi connectivity index (χ0n) is 9.03. The molecule has 0 spiro atoms. The van der Waals surface area contributed by atoms with Gasteiger partial charge in [-0.3, -0.25) is 0 Å². The zero-order chi connectivity index (χ0) is 10.5. The first-order valence-electron chi connectivity index (χ1n) is 5.42. The summed E-state index contributed by atoms with van der Waals surface area (Å²) in [7, 11) is 0. The van der Waals surface area contributed by atoms with Crippen LogP contribution in [0.15, 0.2) is 24.3 Å². The molecule has 0 amide bonds. The normalized spacial score (nSPS) is 16.1. The maximum atomic E-state index is 5.55. The van der Waals surface area contributed by atoms with Gasteiger partial charge in [-0.2, -0.15) is 0 Å². The quantitative estimate of drug-likeness (QED) is 0.795. The SMILES string of the molecule is CCOc1ccccc1CNC1COC1. The molecular weight excluding hydrogens is 190 g/mol. The smallest absolute Gasteiger partial charge is 0.123 e. The van der Waals surface area contributed by atoms with Gasteiger partial charge in [0.05, 0.1) is 25.9 Å². The Balaban J connectivity index is 1.92. The van der Waals surface area contributed by atoms with Crippen molar-refractivity contribution in [2.75, 3.05) is 19.8 Å². The van der Waals surface area contributed by atoms with Gasteiger partial charge in [-0.15, -0.1) is 0 Å². The highest BCUT2D eigenvalue weighted by Gasteiger charge is 2.17. The summed E-state index contributed by atoms with van der Waals surface area (Å²) in [6.07, 6.45) is 0. The fraction of sp³-hybridized carbons (Fsp3) is 0.500. The molecule has 1 saturated heterocycles. The first-order chi connectivity index (χ1) is 7.40. The Labute approximate surface area is 90.4 Å². The van der Waals surface area contributed by atoms with E-state index in [9.17, 15) is 0 Å². The summed E-state index contributed by atoms with van der Waals surface area (Å²) >= 11 is 0. The van der Waals surface area contributed by atoms with Crippen LogP contribution >= 0.6 is 0 Å². The molecule has 1 aromatic carbocycles. The molecule has 0 atom stereocenters. The summed E-state index contributed by atoms with van der Waals surface area (Å²) in [6, 6.07) is 8.66. The van der Waals surface area contributed by atoms with E-state index >= 15 is 0 Å². The van der Waals surface area contributed by atoms with Gasteiger partial charge in [0.1, 0.15) is 5.75 Å². The molecular formula is C12H17NO2. The van der Waals surface area contributed by atoms with E-state index in [1.54, 1.807) is 0 Å². The summed E-state index contributed by atoms with van der Waals surface area (Å²) in [4.78, 5) is 0. The lowest BCUT2D eigenvalue weighted by Gasteiger charge is -2.27. The van der Waals surface area contributed by atoms with Crippen molar-refractivity contribution in [3.63, 3.8) is 0 Å². The number of hydrogen-bond acceptors (Lipinski definition) is 3. The molecule has 1 N–H and O–H groups in total. The number of nitrogens with one attached hydrogen (secondary N) is 1. The van der Waals surface area contributed by atoms with Crippen LogP contribution in [0.25, 0.3) is 0 Å². The monoisotopic (exact) mass is 207 g/mol. The zero-order valence-corrected chi connectivity index (χ0v) is 9.03. The molecule has 1 fully saturated rings. The number of rotatable bonds is 5. The molecule has 0 radical (unpaired) electrons. The second-order valence-electron chi connectivity index (χ2n) is 3.66. The van der Waals surface area contributed by atoms with Gasteiger partial charge >= 0.3 is 0 Å². The van der Waals surface area contributed by atoms with Gasteiger partial charge in [-0.05, 0) is 13.0 Å². The number of para-hydroxylation sites is 1. The largest absolute Gasteiger partial charge is 0.494 e. The van der Waals surface area contributed by atoms with Gasteiger partial charge in [-0.1, -0.05) is 18.2 Å². The Morgan fingerprint density at radius 2 is 2.20 bits per heavy atom. The van der Waals surface area contributed by atoms with Crippen LogP contribution in [-0.4, -0.2) is 25.9 Å². The highest BCUT2D eigenvalue weighted by atomic mass is 16.5. The predicted molar refractivity (Wildman–Crippen MR) is 59.1 cm³/mol. The summed E-state index contributed by atoms with van der Waals surface area (Å²) < 4.78 is 10.7. The van der Waals surface area contributed by atoms with Crippen LogP contribution in [0.5, 0.6) is 5.75 Å². The van der Waals surface area contributed by atoms with Crippen LogP contribution in [0, 0.1) is 0 Å². The molecule has 1 aliphatic rings. The lowest BCUT2D eigenvalue weighted by molar-refractivity contribution is -0.00586. The summed E-state index contributed by atoms with van der Waals surface area (Å²) in [5, 5.41) is 3.43. The molecule has 0 saturated carbocycles. The Hall–Kier alpha value is -1.06. The van der Waals surface area contributed by atoms with Crippen molar-refractivity contribution in [3.05, 3.63) is 29.8 Å². The molecule has 3 nitrogen and oxygen atoms in total. The van der Waals surface area contributed by atoms with Gasteiger partial charge in [0.15, 0.2) is 0 Å². The van der Waals surface area contributed by atoms with Gasteiger partial charge in [0, 0.05) is 12.1 Å². The van der Waals surface area contributed by atoms with Crippen molar-refractivity contribution in [1.82, 2.24) is 5.32 Å². The molecule has 2 rings (SSSR count). The van der Waals surface area contributed by atoms with Crippen molar-refractivity contribution >= 4 is 0 Å². The van der Waals surface area contributed by atoms with E-state index < -0.39 is 0 Å². The first kappa shape index (κ1) is 10.5. The van der Waals surface area contributed by atoms with E-state index in [0.717, 1.165) is 25.5 Å². The molecule has 0 bridgehead atoms. The lowest BCUT2D eigenvalue weighted by atomic mass is 10.1. The molecule has 0 unspecified atom stereocenters. The molecule has 0 aromatic heterocycles. The molecule has 82 valence electrons. The van der Waals surface area contributed by atoms with E-state index in [4.69, 9.17) is 9.47 Å². The topological polar surface area (TPSA) is 30.5 Å². The Morgan fingerprint density at radius 3 is 2.87 bits per heavy atom. The van der Waals surface area contributed by atoms with E-state index in [-0.39, 0.29) is 0 Å². The Morgan fingerprint density at radius 1 is 1.40 bits per heavy atom. The number of hydrogen-bond donors (Lipinski definition) is 1. The minimum atomic E-state index is 0.514. The fourth-order valence-corrected chi connectivity index (χ4v) is 1.55. The highest BCUT2D eigenvalue weighted by molar-refractivity contribution is 5.33. The maximum Gasteiger partial charge on any atom is 0.123 e. The van der Waals surface area contributed by atoms with Gasteiger partial charge in [0.25, 0.3) is 0 Å². The standard InChI is InChI=1S/C12H17NO2/c1-2-15-12-6-4-3-5-10(12)7-13-11-8-14-9-11/h3-6,11,13H,2,7-9H2,1H3. The van der Waals surface area contributed by atoms with E-state index in [0.29, 0.717) is 12.6 Å². The molecule has 1 heterocycles. The third kappa shape index (κ3) is 2.70. The van der Waals surface area contributed by atoms with Crippen molar-refractivity contribution in [2.45, 2.75) is 19.5 Å². The van der Waals surface area contributed by atoms with Crippen LogP contribution in [-0.2, 0) is 11.3 Å². The molecule has 3 heteroatoms. The molecule has 15 heavy (non-hydrogen) atoms. The summed E-state index contributed by atoms with van der Waals surface area (Å²) in [6.45, 7) is 5.23. The van der Waals surface area contributed by atoms with Crippen LogP contribution < -0.4 is 10.1 Å². The number of ether oxygens (including phenoxy) is 2. The molecule has 1 aliphatic heterocycles. The molecule has 1 aromatic rings. The number of benzene rings is 1. The summed E-state index contributed by atoms with van der Waals surface area (Å²) in [5.41, 5.74) is 1.21. The summed E-state index contributed by atoms with van der Waals surface area (Å²) in [5.74, 6) is 0.979. The predicted octanol–water partition coefficient (Wildman–Crippen LogP) is 1.57. The van der Waals surface area contributed by atoms with Crippen molar-refractivity contribution in [3.8, 4) is 5.75 Å². The first-order valence-corrected chi connectivity index (χ1v) is 5.42. The van der Waals surface area contributed by atoms with Gasteiger partial charge < -0.3 is 14.8 Å². The highest BCUT2D eigenvalue weighted by Crippen LogP contribution is 2.18. The van der Waals surface area contributed by atoms with Crippen LogP contribution in [0.3, 0.4) is 0 Å². The van der Waals surface area contributed by atoms with Crippen LogP contribution in [0.4, 0.5) is 0 Å². The Bertz CT molecular complexity index is 310. The maximum absolute atomic E-state index is 5.55. The average molecular weight is 207 g/mol. The minimum absolute atomic E-state index is 0.514. The average Bonchev–Trinajstić information content (AvgIpc) is 2.18. The third-order valence-corrected chi connectivity index (χ3v) is 2.49. The van der Waals surface area contributed by atoms with Gasteiger partial charge in [0.2, 0.25) is 0 Å². The molecule has 0 aliphatic carbocycles. The van der Waals surface area contributed by atoms with Crippen molar-refractivity contribution in [2.24, 2.45) is 0 Å².